The molecule has 0 heterocycles. The first-order chi connectivity index (χ1) is 7.00. The molecule has 5 nitrogen and oxygen atoms in total. The maximum atomic E-state index is 10.5. The Labute approximate surface area is 86.1 Å². The lowest BCUT2D eigenvalue weighted by atomic mass is 10.0. The summed E-state index contributed by atoms with van der Waals surface area (Å²) in [6.07, 6.45) is 0.0312. The van der Waals surface area contributed by atoms with Crippen LogP contribution in [-0.4, -0.2) is 18.0 Å². The van der Waals surface area contributed by atoms with Crippen LogP contribution < -0.4 is 15.9 Å². The van der Waals surface area contributed by atoms with Crippen LogP contribution in [-0.2, 0) is 11.2 Å². The second kappa shape index (κ2) is 4.56. The molecule has 2 N–H and O–H groups in total. The van der Waals surface area contributed by atoms with Crippen LogP contribution in [0, 0.1) is 0 Å². The van der Waals surface area contributed by atoms with Gasteiger partial charge in [-0.25, -0.2) is 0 Å². The molecule has 0 fully saturated rings. The van der Waals surface area contributed by atoms with Crippen LogP contribution in [0.15, 0.2) is 24.3 Å². The predicted molar refractivity (Wildman–Crippen MR) is 47.5 cm³/mol. The molecule has 0 unspecified atom stereocenters. The Morgan fingerprint density at radius 2 is 2.00 bits per heavy atom. The smallest absolute Gasteiger partial charge is 0.0715 e. The van der Waals surface area contributed by atoms with E-state index in [0.717, 1.165) is 0 Å². The van der Waals surface area contributed by atoms with Gasteiger partial charge < -0.3 is 25.5 Å². The highest BCUT2D eigenvalue weighted by Gasteiger charge is 2.05. The Bertz CT molecular complexity index is 389. The summed E-state index contributed by atoms with van der Waals surface area (Å²) in [6, 6.07) is 4.65. The third-order valence-corrected chi connectivity index (χ3v) is 1.92. The maximum Gasteiger partial charge on any atom is 0.0715 e. The normalized spacial score (nSPS) is 12.1. The Morgan fingerprint density at radius 3 is 2.53 bits per heavy atom. The van der Waals surface area contributed by atoms with Gasteiger partial charge in [-0.1, -0.05) is 18.2 Å². The number of hydrogen-bond donors (Lipinski definition) is 1. The summed E-state index contributed by atoms with van der Waals surface area (Å²) < 4.78 is 0. The molecule has 0 radical (unpaired) electrons. The number of benzene rings is 1. The van der Waals surface area contributed by atoms with Gasteiger partial charge in [-0.2, -0.15) is 0 Å². The molecule has 5 heteroatoms. The molecule has 0 aliphatic carbocycles. The summed E-state index contributed by atoms with van der Waals surface area (Å²) >= 11 is 0. The van der Waals surface area contributed by atoms with Crippen LogP contribution >= 0.6 is 0 Å². The van der Waals surface area contributed by atoms with E-state index in [9.17, 15) is 19.8 Å². The van der Waals surface area contributed by atoms with Crippen molar-refractivity contribution in [2.24, 2.45) is 5.73 Å². The van der Waals surface area contributed by atoms with E-state index >= 15 is 0 Å². The van der Waals surface area contributed by atoms with Crippen molar-refractivity contribution >= 4 is 11.9 Å². The molecule has 1 atom stereocenters. The van der Waals surface area contributed by atoms with Gasteiger partial charge in [0.1, 0.15) is 0 Å². The van der Waals surface area contributed by atoms with E-state index in [2.05, 4.69) is 0 Å². The third kappa shape index (κ3) is 3.07. The van der Waals surface area contributed by atoms with Crippen molar-refractivity contribution in [1.82, 2.24) is 0 Å². The Balaban J connectivity index is 2.82. The number of aliphatic carboxylic acids is 1. The Kier molecular flexibility index (Phi) is 3.41. The number of hydrogen-bond acceptors (Lipinski definition) is 5. The van der Waals surface area contributed by atoms with Gasteiger partial charge in [0.2, 0.25) is 0 Å². The van der Waals surface area contributed by atoms with Gasteiger partial charge >= 0.3 is 0 Å². The standard InChI is InChI=1S/C10H11NO4/c11-8(10(14)15)5-6-2-1-3-7(4-6)9(12)13/h1-4,8H,5,11H2,(H,12,13)(H,14,15)/p-2/t8-/m0/s1. The van der Waals surface area contributed by atoms with E-state index in [1.54, 1.807) is 6.07 Å². The van der Waals surface area contributed by atoms with Crippen LogP contribution in [0.4, 0.5) is 0 Å². The first-order valence-corrected chi connectivity index (χ1v) is 4.27. The van der Waals surface area contributed by atoms with Crippen molar-refractivity contribution in [3.63, 3.8) is 0 Å². The SMILES string of the molecule is N[C@@H](Cc1cccc(C(=O)[O-])c1)C(=O)[O-]. The molecule has 0 aliphatic rings. The summed E-state index contributed by atoms with van der Waals surface area (Å²) in [4.78, 5) is 20.9. The zero-order valence-corrected chi connectivity index (χ0v) is 7.80. The van der Waals surface area contributed by atoms with Gasteiger partial charge in [0, 0.05) is 6.04 Å². The van der Waals surface area contributed by atoms with Crippen molar-refractivity contribution in [3.8, 4) is 0 Å². The molecule has 0 aliphatic heterocycles. The summed E-state index contributed by atoms with van der Waals surface area (Å²) in [5.74, 6) is -2.67. The van der Waals surface area contributed by atoms with Crippen molar-refractivity contribution < 1.29 is 19.8 Å². The molecule has 1 aromatic rings. The van der Waals surface area contributed by atoms with Crippen LogP contribution in [0.2, 0.25) is 0 Å². The number of carbonyl (C=O) groups is 2. The van der Waals surface area contributed by atoms with Gasteiger partial charge in [-0.3, -0.25) is 0 Å². The van der Waals surface area contributed by atoms with Gasteiger partial charge in [-0.15, -0.1) is 0 Å². The van der Waals surface area contributed by atoms with E-state index in [0.29, 0.717) is 5.56 Å². The van der Waals surface area contributed by atoms with Crippen LogP contribution in [0.1, 0.15) is 15.9 Å². The highest BCUT2D eigenvalue weighted by molar-refractivity contribution is 5.86. The van der Waals surface area contributed by atoms with E-state index in [1.165, 1.54) is 18.2 Å². The zero-order chi connectivity index (χ0) is 11.4. The molecule has 0 saturated heterocycles. The fourth-order valence-electron chi connectivity index (χ4n) is 1.16. The minimum absolute atomic E-state index is 0.00181. The molecular formula is C10H9NO4-2. The van der Waals surface area contributed by atoms with Crippen molar-refractivity contribution in [2.45, 2.75) is 12.5 Å². The van der Waals surface area contributed by atoms with Gasteiger partial charge in [-0.05, 0) is 23.6 Å². The first-order valence-electron chi connectivity index (χ1n) is 4.27. The number of carboxylic acid groups (broad SMARTS) is 2. The van der Waals surface area contributed by atoms with Gasteiger partial charge in [0.15, 0.2) is 0 Å². The number of carbonyl (C=O) groups excluding carboxylic acids is 2. The quantitative estimate of drug-likeness (QED) is 0.596. The molecule has 0 bridgehead atoms. The fraction of sp³-hybridized carbons (Fsp3) is 0.200. The van der Waals surface area contributed by atoms with E-state index in [-0.39, 0.29) is 12.0 Å². The summed E-state index contributed by atoms with van der Waals surface area (Å²) in [7, 11) is 0. The minimum atomic E-state index is -1.37. The van der Waals surface area contributed by atoms with E-state index < -0.39 is 18.0 Å². The van der Waals surface area contributed by atoms with Crippen LogP contribution in [0.25, 0.3) is 0 Å². The molecule has 15 heavy (non-hydrogen) atoms. The number of carboxylic acids is 2. The summed E-state index contributed by atoms with van der Waals surface area (Å²) in [6.45, 7) is 0. The summed E-state index contributed by atoms with van der Waals surface area (Å²) in [5, 5.41) is 20.9. The second-order valence-electron chi connectivity index (χ2n) is 3.12. The molecule has 0 spiro atoms. The van der Waals surface area contributed by atoms with Crippen molar-refractivity contribution in [3.05, 3.63) is 35.4 Å². The Morgan fingerprint density at radius 1 is 1.33 bits per heavy atom. The maximum absolute atomic E-state index is 10.5. The van der Waals surface area contributed by atoms with Crippen LogP contribution in [0.5, 0.6) is 0 Å². The molecule has 0 amide bonds. The predicted octanol–water partition coefficient (Wildman–Crippen LogP) is -2.33. The van der Waals surface area contributed by atoms with E-state index in [4.69, 9.17) is 5.73 Å². The lowest BCUT2D eigenvalue weighted by Gasteiger charge is -2.13. The highest BCUT2D eigenvalue weighted by atomic mass is 16.4. The average Bonchev–Trinajstić information content (AvgIpc) is 2.18. The van der Waals surface area contributed by atoms with Gasteiger partial charge in [0.05, 0.1) is 11.9 Å². The third-order valence-electron chi connectivity index (χ3n) is 1.92. The first kappa shape index (κ1) is 11.2. The number of rotatable bonds is 4. The van der Waals surface area contributed by atoms with Gasteiger partial charge in [0.25, 0.3) is 0 Å². The topological polar surface area (TPSA) is 106 Å². The summed E-state index contributed by atoms with van der Waals surface area (Å²) in [5.41, 5.74) is 5.77. The number of nitrogens with two attached hydrogens (primary N) is 1. The van der Waals surface area contributed by atoms with Crippen molar-refractivity contribution in [2.75, 3.05) is 0 Å². The minimum Gasteiger partial charge on any atom is -0.548 e. The van der Waals surface area contributed by atoms with E-state index in [1.807, 2.05) is 0 Å². The largest absolute Gasteiger partial charge is 0.548 e. The monoisotopic (exact) mass is 207 g/mol. The second-order valence-corrected chi connectivity index (χ2v) is 3.12. The van der Waals surface area contributed by atoms with Crippen molar-refractivity contribution in [1.29, 1.82) is 0 Å². The molecule has 1 aromatic carbocycles. The van der Waals surface area contributed by atoms with Crippen LogP contribution in [0.3, 0.4) is 0 Å². The lowest BCUT2D eigenvalue weighted by molar-refractivity contribution is -0.307. The average molecular weight is 207 g/mol. The highest BCUT2D eigenvalue weighted by Crippen LogP contribution is 2.06. The molecule has 0 saturated carbocycles. The molecule has 1 rings (SSSR count). The molecular weight excluding hydrogens is 198 g/mol. The number of aromatic carboxylic acids is 1. The molecule has 80 valence electrons. The fourth-order valence-corrected chi connectivity index (χ4v) is 1.16. The lowest BCUT2D eigenvalue weighted by Crippen LogP contribution is -2.43. The zero-order valence-electron chi connectivity index (χ0n) is 7.80. The Hall–Kier alpha value is -1.88. The molecule has 0 aromatic heterocycles.